The lowest BCUT2D eigenvalue weighted by molar-refractivity contribution is -0.131. The molecule has 0 atom stereocenters. The molecule has 6 heteroatoms. The summed E-state index contributed by atoms with van der Waals surface area (Å²) in [6.07, 6.45) is 1.34. The first-order valence-corrected chi connectivity index (χ1v) is 6.11. The molecule has 0 saturated carbocycles. The van der Waals surface area contributed by atoms with Crippen molar-refractivity contribution in [3.8, 4) is 5.75 Å². The number of hydrogen-bond donors (Lipinski definition) is 2. The number of likely N-dealkylation sites (tertiary alicyclic amines) is 1. The molecule has 0 bridgehead atoms. The van der Waals surface area contributed by atoms with E-state index < -0.39 is 0 Å². The maximum absolute atomic E-state index is 11.9. The van der Waals surface area contributed by atoms with Gasteiger partial charge in [-0.1, -0.05) is 0 Å². The van der Waals surface area contributed by atoms with Crippen LogP contribution in [0.1, 0.15) is 12.8 Å². The molecule has 1 aromatic rings. The summed E-state index contributed by atoms with van der Waals surface area (Å²) in [5.41, 5.74) is 6.72. The first-order chi connectivity index (χ1) is 9.10. The van der Waals surface area contributed by atoms with Gasteiger partial charge in [-0.3, -0.25) is 9.59 Å². The summed E-state index contributed by atoms with van der Waals surface area (Å²) in [5, 5.41) is 2.71. The van der Waals surface area contributed by atoms with Gasteiger partial charge >= 0.3 is 0 Å². The van der Waals surface area contributed by atoms with Crippen LogP contribution in [-0.2, 0) is 9.59 Å². The van der Waals surface area contributed by atoms with Crippen molar-refractivity contribution >= 4 is 23.2 Å². The smallest absolute Gasteiger partial charge is 0.244 e. The van der Waals surface area contributed by atoms with Crippen molar-refractivity contribution in [2.75, 3.05) is 31.2 Å². The zero-order valence-corrected chi connectivity index (χ0v) is 10.8. The van der Waals surface area contributed by atoms with Gasteiger partial charge in [0.2, 0.25) is 11.8 Å². The van der Waals surface area contributed by atoms with Gasteiger partial charge < -0.3 is 20.7 Å². The molecule has 2 amide bonds. The van der Waals surface area contributed by atoms with E-state index in [2.05, 4.69) is 5.32 Å². The second-order valence-electron chi connectivity index (χ2n) is 4.43. The van der Waals surface area contributed by atoms with Gasteiger partial charge in [0.1, 0.15) is 5.75 Å². The number of benzene rings is 1. The maximum Gasteiger partial charge on any atom is 0.244 e. The second kappa shape index (κ2) is 5.60. The van der Waals surface area contributed by atoms with Crippen molar-refractivity contribution in [3.05, 3.63) is 18.2 Å². The summed E-state index contributed by atoms with van der Waals surface area (Å²) in [4.78, 5) is 24.9. The first-order valence-electron chi connectivity index (χ1n) is 6.11. The molecule has 1 fully saturated rings. The average Bonchev–Trinajstić information content (AvgIpc) is 2.75. The zero-order valence-electron chi connectivity index (χ0n) is 10.8. The molecule has 6 nitrogen and oxygen atoms in total. The second-order valence-corrected chi connectivity index (χ2v) is 4.43. The van der Waals surface area contributed by atoms with E-state index in [9.17, 15) is 9.59 Å². The van der Waals surface area contributed by atoms with Crippen LogP contribution in [0.15, 0.2) is 18.2 Å². The lowest BCUT2D eigenvalue weighted by Crippen LogP contribution is -2.34. The molecule has 1 aliphatic rings. The zero-order chi connectivity index (χ0) is 13.8. The third kappa shape index (κ3) is 3.15. The molecule has 0 aromatic heterocycles. The minimum absolute atomic E-state index is 0.0229. The number of carbonyl (C=O) groups is 2. The largest absolute Gasteiger partial charge is 0.495 e. The third-order valence-electron chi connectivity index (χ3n) is 3.00. The van der Waals surface area contributed by atoms with Gasteiger partial charge in [0.25, 0.3) is 0 Å². The van der Waals surface area contributed by atoms with Gasteiger partial charge in [0.05, 0.1) is 19.3 Å². The standard InChI is InChI=1S/C13H17N3O3/c1-19-11-5-4-9(14)7-10(11)15-12(17)8-16-6-2-3-13(16)18/h4-5,7H,2-3,6,8,14H2,1H3,(H,15,17). The summed E-state index contributed by atoms with van der Waals surface area (Å²) in [5.74, 6) is 0.309. The third-order valence-corrected chi connectivity index (χ3v) is 3.00. The number of ether oxygens (including phenoxy) is 1. The van der Waals surface area contributed by atoms with E-state index in [1.54, 1.807) is 23.1 Å². The number of amides is 2. The molecule has 2 rings (SSSR count). The van der Waals surface area contributed by atoms with Crippen molar-refractivity contribution in [1.29, 1.82) is 0 Å². The summed E-state index contributed by atoms with van der Waals surface area (Å²) < 4.78 is 5.14. The van der Waals surface area contributed by atoms with Crippen LogP contribution in [0.25, 0.3) is 0 Å². The Morgan fingerprint density at radius 1 is 1.53 bits per heavy atom. The summed E-state index contributed by atoms with van der Waals surface area (Å²) in [7, 11) is 1.52. The minimum Gasteiger partial charge on any atom is -0.495 e. The van der Waals surface area contributed by atoms with Gasteiger partial charge in [-0.25, -0.2) is 0 Å². The van der Waals surface area contributed by atoms with Crippen LogP contribution < -0.4 is 15.8 Å². The predicted octanol–water partition coefficient (Wildman–Crippen LogP) is 0.838. The number of carbonyl (C=O) groups excluding carboxylic acids is 2. The molecule has 1 saturated heterocycles. The van der Waals surface area contributed by atoms with E-state index in [0.29, 0.717) is 30.1 Å². The molecule has 0 spiro atoms. The fourth-order valence-corrected chi connectivity index (χ4v) is 2.06. The Morgan fingerprint density at radius 3 is 2.95 bits per heavy atom. The van der Waals surface area contributed by atoms with Crippen LogP contribution in [-0.4, -0.2) is 36.9 Å². The Morgan fingerprint density at radius 2 is 2.32 bits per heavy atom. The van der Waals surface area contributed by atoms with Gasteiger partial charge in [0, 0.05) is 18.7 Å². The van der Waals surface area contributed by atoms with Gasteiger partial charge in [0.15, 0.2) is 0 Å². The maximum atomic E-state index is 11.9. The molecule has 0 radical (unpaired) electrons. The van der Waals surface area contributed by atoms with Crippen LogP contribution >= 0.6 is 0 Å². The van der Waals surface area contributed by atoms with E-state index in [1.807, 2.05) is 0 Å². The number of rotatable bonds is 4. The Balaban J connectivity index is 2.02. The van der Waals surface area contributed by atoms with E-state index in [1.165, 1.54) is 7.11 Å². The molecule has 1 aliphatic heterocycles. The summed E-state index contributed by atoms with van der Waals surface area (Å²) in [6, 6.07) is 5.01. The first kappa shape index (κ1) is 13.2. The van der Waals surface area contributed by atoms with Crippen molar-refractivity contribution in [2.24, 2.45) is 0 Å². The Kier molecular flexibility index (Phi) is 3.89. The number of hydrogen-bond acceptors (Lipinski definition) is 4. The van der Waals surface area contributed by atoms with Crippen LogP contribution in [0.3, 0.4) is 0 Å². The number of nitrogen functional groups attached to an aromatic ring is 1. The van der Waals surface area contributed by atoms with Crippen LogP contribution in [0.4, 0.5) is 11.4 Å². The fraction of sp³-hybridized carbons (Fsp3) is 0.385. The number of nitrogens with zero attached hydrogens (tertiary/aromatic N) is 1. The Bertz CT molecular complexity index is 502. The van der Waals surface area contributed by atoms with E-state index >= 15 is 0 Å². The van der Waals surface area contributed by atoms with Gasteiger partial charge in [-0.05, 0) is 24.6 Å². The van der Waals surface area contributed by atoms with Gasteiger partial charge in [-0.15, -0.1) is 0 Å². The van der Waals surface area contributed by atoms with E-state index in [0.717, 1.165) is 6.42 Å². The molecular formula is C13H17N3O3. The highest BCUT2D eigenvalue weighted by molar-refractivity contribution is 5.96. The monoisotopic (exact) mass is 263 g/mol. The molecule has 19 heavy (non-hydrogen) atoms. The van der Waals surface area contributed by atoms with Gasteiger partial charge in [-0.2, -0.15) is 0 Å². The average molecular weight is 263 g/mol. The molecule has 1 heterocycles. The number of nitrogens with two attached hydrogens (primary N) is 1. The normalized spacial score (nSPS) is 14.6. The lowest BCUT2D eigenvalue weighted by atomic mass is 10.2. The molecule has 3 N–H and O–H groups in total. The molecule has 1 aromatic carbocycles. The Labute approximate surface area is 111 Å². The minimum atomic E-state index is -0.251. The van der Waals surface area contributed by atoms with Crippen molar-refractivity contribution in [2.45, 2.75) is 12.8 Å². The van der Waals surface area contributed by atoms with Crippen molar-refractivity contribution in [1.82, 2.24) is 4.90 Å². The predicted molar refractivity (Wildman–Crippen MR) is 71.9 cm³/mol. The quantitative estimate of drug-likeness (QED) is 0.788. The topological polar surface area (TPSA) is 84.7 Å². The van der Waals surface area contributed by atoms with Crippen molar-refractivity contribution < 1.29 is 14.3 Å². The summed E-state index contributed by atoms with van der Waals surface area (Å²) in [6.45, 7) is 0.705. The number of methoxy groups -OCH3 is 1. The highest BCUT2D eigenvalue weighted by Gasteiger charge is 2.22. The van der Waals surface area contributed by atoms with E-state index in [-0.39, 0.29) is 18.4 Å². The Hall–Kier alpha value is -2.24. The number of anilines is 2. The molecule has 0 aliphatic carbocycles. The number of nitrogens with one attached hydrogen (secondary N) is 1. The van der Waals surface area contributed by atoms with Crippen molar-refractivity contribution in [3.63, 3.8) is 0 Å². The fourth-order valence-electron chi connectivity index (χ4n) is 2.06. The highest BCUT2D eigenvalue weighted by atomic mass is 16.5. The van der Waals surface area contributed by atoms with Crippen LogP contribution in [0.2, 0.25) is 0 Å². The lowest BCUT2D eigenvalue weighted by Gasteiger charge is -2.16. The van der Waals surface area contributed by atoms with Crippen LogP contribution in [0.5, 0.6) is 5.75 Å². The van der Waals surface area contributed by atoms with Crippen LogP contribution in [0, 0.1) is 0 Å². The highest BCUT2D eigenvalue weighted by Crippen LogP contribution is 2.26. The molecular weight excluding hydrogens is 246 g/mol. The van der Waals surface area contributed by atoms with E-state index in [4.69, 9.17) is 10.5 Å². The molecule has 0 unspecified atom stereocenters. The summed E-state index contributed by atoms with van der Waals surface area (Å²) >= 11 is 0. The molecule has 102 valence electrons. The SMILES string of the molecule is COc1ccc(N)cc1NC(=O)CN1CCCC1=O.